The minimum atomic E-state index is -0.632. The lowest BCUT2D eigenvalue weighted by molar-refractivity contribution is -0.125. The smallest absolute Gasteiger partial charge is 0.238 e. The lowest BCUT2D eigenvalue weighted by Crippen LogP contribution is -2.34. The fourth-order valence-electron chi connectivity index (χ4n) is 1.99. The third kappa shape index (κ3) is 2.89. The Hall–Kier alpha value is -1.83. The molecule has 2 atom stereocenters. The lowest BCUT2D eigenvalue weighted by atomic mass is 9.96. The molecule has 0 spiro atoms. The molecule has 1 amide bonds. The molecule has 0 bridgehead atoms. The zero-order chi connectivity index (χ0) is 13.9. The third-order valence-electron chi connectivity index (χ3n) is 2.97. The third-order valence-corrected chi connectivity index (χ3v) is 2.97. The van der Waals surface area contributed by atoms with Gasteiger partial charge in [-0.05, 0) is 26.7 Å². The van der Waals surface area contributed by atoms with Gasteiger partial charge >= 0.3 is 0 Å². The SMILES string of the molecule is Cc1noc(C)c1C(C)NC(=O)C(C#N)C(C)C. The van der Waals surface area contributed by atoms with Gasteiger partial charge in [-0.15, -0.1) is 0 Å². The van der Waals surface area contributed by atoms with Gasteiger partial charge in [0, 0.05) is 5.56 Å². The number of aromatic nitrogens is 1. The lowest BCUT2D eigenvalue weighted by Gasteiger charge is -2.18. The number of amides is 1. The van der Waals surface area contributed by atoms with Crippen LogP contribution < -0.4 is 5.32 Å². The van der Waals surface area contributed by atoms with Crippen LogP contribution in [-0.2, 0) is 4.79 Å². The molecule has 1 aromatic heterocycles. The Morgan fingerprint density at radius 1 is 1.39 bits per heavy atom. The number of carbonyl (C=O) groups excluding carboxylic acids is 1. The molecule has 1 heterocycles. The second kappa shape index (κ2) is 5.67. The van der Waals surface area contributed by atoms with E-state index in [1.807, 2.05) is 40.7 Å². The van der Waals surface area contributed by atoms with Crippen molar-refractivity contribution in [3.63, 3.8) is 0 Å². The predicted octanol–water partition coefficient (Wildman–Crippen LogP) is 2.26. The number of hydrogen-bond donors (Lipinski definition) is 1. The van der Waals surface area contributed by atoms with Crippen LogP contribution in [0.2, 0.25) is 0 Å². The van der Waals surface area contributed by atoms with Crippen LogP contribution in [0.25, 0.3) is 0 Å². The molecule has 0 fully saturated rings. The zero-order valence-corrected chi connectivity index (χ0v) is 11.4. The highest BCUT2D eigenvalue weighted by molar-refractivity contribution is 5.81. The van der Waals surface area contributed by atoms with E-state index >= 15 is 0 Å². The molecule has 0 saturated carbocycles. The number of carbonyl (C=O) groups is 1. The zero-order valence-electron chi connectivity index (χ0n) is 11.4. The van der Waals surface area contributed by atoms with E-state index in [2.05, 4.69) is 10.5 Å². The van der Waals surface area contributed by atoms with E-state index in [1.54, 1.807) is 0 Å². The van der Waals surface area contributed by atoms with Crippen LogP contribution in [0.3, 0.4) is 0 Å². The van der Waals surface area contributed by atoms with Crippen molar-refractivity contribution in [2.24, 2.45) is 11.8 Å². The van der Waals surface area contributed by atoms with Gasteiger partial charge in [0.15, 0.2) is 0 Å². The number of hydrogen-bond acceptors (Lipinski definition) is 4. The molecule has 0 aliphatic rings. The highest BCUT2D eigenvalue weighted by Crippen LogP contribution is 2.21. The van der Waals surface area contributed by atoms with Crippen molar-refractivity contribution in [2.45, 2.75) is 40.7 Å². The summed E-state index contributed by atoms with van der Waals surface area (Å²) in [5.41, 5.74) is 1.64. The Bertz CT molecular complexity index is 452. The van der Waals surface area contributed by atoms with Gasteiger partial charge in [-0.1, -0.05) is 19.0 Å². The summed E-state index contributed by atoms with van der Waals surface area (Å²) in [5, 5.41) is 15.7. The molecular formula is C13H19N3O2. The summed E-state index contributed by atoms with van der Waals surface area (Å²) >= 11 is 0. The van der Waals surface area contributed by atoms with Crippen molar-refractivity contribution in [3.05, 3.63) is 17.0 Å². The van der Waals surface area contributed by atoms with Gasteiger partial charge in [-0.3, -0.25) is 4.79 Å². The van der Waals surface area contributed by atoms with Gasteiger partial charge < -0.3 is 9.84 Å². The number of aryl methyl sites for hydroxylation is 2. The first-order valence-electron chi connectivity index (χ1n) is 6.01. The minimum absolute atomic E-state index is 0.00753. The summed E-state index contributed by atoms with van der Waals surface area (Å²) in [7, 11) is 0. The average molecular weight is 249 g/mol. The Morgan fingerprint density at radius 2 is 2.00 bits per heavy atom. The summed E-state index contributed by atoms with van der Waals surface area (Å²) in [6.07, 6.45) is 0. The summed E-state index contributed by atoms with van der Waals surface area (Å²) in [5.74, 6) is -0.196. The van der Waals surface area contributed by atoms with Crippen molar-refractivity contribution in [1.82, 2.24) is 10.5 Å². The van der Waals surface area contributed by atoms with Gasteiger partial charge in [-0.2, -0.15) is 5.26 Å². The van der Waals surface area contributed by atoms with Crippen LogP contribution in [0.4, 0.5) is 0 Å². The first-order valence-corrected chi connectivity index (χ1v) is 6.01. The van der Waals surface area contributed by atoms with Crippen molar-refractivity contribution >= 4 is 5.91 Å². The van der Waals surface area contributed by atoms with Gasteiger partial charge in [0.1, 0.15) is 11.7 Å². The molecule has 1 N–H and O–H groups in total. The van der Waals surface area contributed by atoms with Crippen LogP contribution >= 0.6 is 0 Å². The number of nitrogens with one attached hydrogen (secondary N) is 1. The second-order valence-electron chi connectivity index (χ2n) is 4.82. The fourth-order valence-corrected chi connectivity index (χ4v) is 1.99. The summed E-state index contributed by atoms with van der Waals surface area (Å²) < 4.78 is 5.07. The van der Waals surface area contributed by atoms with Crippen molar-refractivity contribution in [2.75, 3.05) is 0 Å². The highest BCUT2D eigenvalue weighted by atomic mass is 16.5. The van der Waals surface area contributed by atoms with Crippen LogP contribution in [0.1, 0.15) is 43.8 Å². The van der Waals surface area contributed by atoms with E-state index in [9.17, 15) is 4.79 Å². The second-order valence-corrected chi connectivity index (χ2v) is 4.82. The van der Waals surface area contributed by atoms with Gasteiger partial charge in [0.2, 0.25) is 5.91 Å². The Kier molecular flexibility index (Phi) is 4.49. The van der Waals surface area contributed by atoms with Crippen LogP contribution in [0.15, 0.2) is 4.52 Å². The Morgan fingerprint density at radius 3 is 2.39 bits per heavy atom. The van der Waals surface area contributed by atoms with Gasteiger partial charge in [0.25, 0.3) is 0 Å². The number of nitrogens with zero attached hydrogens (tertiary/aromatic N) is 2. The molecule has 0 radical (unpaired) electrons. The molecule has 98 valence electrons. The standard InChI is InChI=1S/C13H19N3O2/c1-7(2)11(6-14)13(17)15-8(3)12-9(4)16-18-10(12)5/h7-8,11H,1-5H3,(H,15,17). The molecule has 0 aromatic carbocycles. The largest absolute Gasteiger partial charge is 0.361 e. The van der Waals surface area contributed by atoms with Crippen molar-refractivity contribution in [3.8, 4) is 6.07 Å². The van der Waals surface area contributed by atoms with Crippen LogP contribution in [-0.4, -0.2) is 11.1 Å². The normalized spacial score (nSPS) is 14.1. The molecule has 5 nitrogen and oxygen atoms in total. The maximum atomic E-state index is 12.0. The summed E-state index contributed by atoms with van der Waals surface area (Å²) in [4.78, 5) is 12.0. The maximum absolute atomic E-state index is 12.0. The fraction of sp³-hybridized carbons (Fsp3) is 0.615. The van der Waals surface area contributed by atoms with Gasteiger partial charge in [-0.25, -0.2) is 0 Å². The summed E-state index contributed by atoms with van der Waals surface area (Å²) in [6, 6.07) is 1.82. The van der Waals surface area contributed by atoms with E-state index in [0.29, 0.717) is 5.76 Å². The number of rotatable bonds is 4. The Balaban J connectivity index is 2.80. The maximum Gasteiger partial charge on any atom is 0.238 e. The molecule has 1 rings (SSSR count). The average Bonchev–Trinajstić information content (AvgIpc) is 2.58. The van der Waals surface area contributed by atoms with Crippen LogP contribution in [0.5, 0.6) is 0 Å². The monoisotopic (exact) mass is 249 g/mol. The van der Waals surface area contributed by atoms with E-state index in [0.717, 1.165) is 11.3 Å². The summed E-state index contributed by atoms with van der Waals surface area (Å²) in [6.45, 7) is 9.21. The van der Waals surface area contributed by atoms with Crippen LogP contribution in [0, 0.1) is 37.0 Å². The molecule has 5 heteroatoms. The van der Waals surface area contributed by atoms with E-state index < -0.39 is 5.92 Å². The molecule has 1 aromatic rings. The quantitative estimate of drug-likeness (QED) is 0.887. The van der Waals surface area contributed by atoms with E-state index in [4.69, 9.17) is 9.78 Å². The number of nitriles is 1. The molecule has 0 aliphatic carbocycles. The minimum Gasteiger partial charge on any atom is -0.361 e. The van der Waals surface area contributed by atoms with Crippen molar-refractivity contribution < 1.29 is 9.32 Å². The first kappa shape index (κ1) is 14.2. The first-order chi connectivity index (χ1) is 8.38. The molecular weight excluding hydrogens is 230 g/mol. The van der Waals surface area contributed by atoms with E-state index in [-0.39, 0.29) is 17.9 Å². The highest BCUT2D eigenvalue weighted by Gasteiger charge is 2.25. The van der Waals surface area contributed by atoms with E-state index in [1.165, 1.54) is 0 Å². The molecule has 0 saturated heterocycles. The molecule has 18 heavy (non-hydrogen) atoms. The predicted molar refractivity (Wildman–Crippen MR) is 66.5 cm³/mol. The topological polar surface area (TPSA) is 78.9 Å². The van der Waals surface area contributed by atoms with Crippen molar-refractivity contribution in [1.29, 1.82) is 5.26 Å². The molecule has 2 unspecified atom stereocenters. The Labute approximate surface area is 107 Å². The van der Waals surface area contributed by atoms with Gasteiger partial charge in [0.05, 0.1) is 17.8 Å². The molecule has 0 aliphatic heterocycles.